The van der Waals surface area contributed by atoms with Gasteiger partial charge in [0.2, 0.25) is 0 Å². The Morgan fingerprint density at radius 1 is 1.37 bits per heavy atom. The second-order valence-electron chi connectivity index (χ2n) is 4.20. The van der Waals surface area contributed by atoms with E-state index in [1.165, 1.54) is 6.07 Å². The lowest BCUT2D eigenvalue weighted by Crippen LogP contribution is -2.44. The average Bonchev–Trinajstić information content (AvgIpc) is 2.73. The summed E-state index contributed by atoms with van der Waals surface area (Å²) in [4.78, 5) is 13.3. The van der Waals surface area contributed by atoms with Crippen LogP contribution in [0.4, 0.5) is 0 Å². The Bertz CT molecular complexity index is 578. The number of halogens is 1. The zero-order valence-electron chi connectivity index (χ0n) is 9.93. The molecule has 1 aliphatic rings. The maximum atomic E-state index is 12.2. The normalized spacial score (nSPS) is 17.5. The van der Waals surface area contributed by atoms with Crippen molar-refractivity contribution >= 4 is 43.3 Å². The SMILES string of the molecule is O=C(O)c1cc(S(=O)(=O)NN2CCCCC2)c(Br)s1. The number of aromatic carboxylic acids is 1. The van der Waals surface area contributed by atoms with Crippen LogP contribution in [0.3, 0.4) is 0 Å². The van der Waals surface area contributed by atoms with E-state index in [2.05, 4.69) is 20.8 Å². The Kier molecular flexibility index (Phi) is 4.62. The first-order chi connectivity index (χ1) is 8.90. The van der Waals surface area contributed by atoms with Crippen LogP contribution in [0, 0.1) is 0 Å². The van der Waals surface area contributed by atoms with Gasteiger partial charge in [-0.3, -0.25) is 0 Å². The minimum absolute atomic E-state index is 0.00843. The topological polar surface area (TPSA) is 86.7 Å². The zero-order valence-corrected chi connectivity index (χ0v) is 13.1. The molecule has 0 spiro atoms. The van der Waals surface area contributed by atoms with Crippen molar-refractivity contribution in [1.82, 2.24) is 9.84 Å². The Labute approximate surface area is 123 Å². The summed E-state index contributed by atoms with van der Waals surface area (Å²) in [6, 6.07) is 1.17. The monoisotopic (exact) mass is 368 g/mol. The number of hydrogen-bond donors (Lipinski definition) is 2. The smallest absolute Gasteiger partial charge is 0.345 e. The number of piperidine rings is 1. The van der Waals surface area contributed by atoms with Crippen LogP contribution >= 0.6 is 27.3 Å². The summed E-state index contributed by atoms with van der Waals surface area (Å²) in [5, 5.41) is 10.5. The predicted molar refractivity (Wildman–Crippen MR) is 74.7 cm³/mol. The van der Waals surface area contributed by atoms with Gasteiger partial charge in [0.15, 0.2) is 0 Å². The highest BCUT2D eigenvalue weighted by molar-refractivity contribution is 9.11. The van der Waals surface area contributed by atoms with Gasteiger partial charge in [0.25, 0.3) is 10.0 Å². The fourth-order valence-electron chi connectivity index (χ4n) is 1.85. The van der Waals surface area contributed by atoms with Crippen molar-refractivity contribution in [1.29, 1.82) is 0 Å². The molecular formula is C10H13BrN2O4S2. The Morgan fingerprint density at radius 3 is 2.53 bits per heavy atom. The van der Waals surface area contributed by atoms with Crippen LogP contribution in [0.25, 0.3) is 0 Å². The van der Waals surface area contributed by atoms with Gasteiger partial charge in [-0.05, 0) is 34.8 Å². The molecule has 0 saturated carbocycles. The molecule has 0 unspecified atom stereocenters. The summed E-state index contributed by atoms with van der Waals surface area (Å²) in [6.45, 7) is 1.35. The number of hydrazine groups is 1. The number of nitrogens with one attached hydrogen (secondary N) is 1. The van der Waals surface area contributed by atoms with E-state index in [4.69, 9.17) is 5.11 Å². The van der Waals surface area contributed by atoms with Gasteiger partial charge < -0.3 is 5.11 Å². The molecule has 0 aromatic carbocycles. The van der Waals surface area contributed by atoms with Gasteiger partial charge in [-0.15, -0.1) is 16.2 Å². The molecule has 0 amide bonds. The van der Waals surface area contributed by atoms with Gasteiger partial charge in [-0.2, -0.15) is 0 Å². The van der Waals surface area contributed by atoms with E-state index >= 15 is 0 Å². The Balaban J connectivity index is 2.21. The molecule has 0 radical (unpaired) electrons. The summed E-state index contributed by atoms with van der Waals surface area (Å²) in [7, 11) is -3.73. The van der Waals surface area contributed by atoms with E-state index in [1.54, 1.807) is 5.01 Å². The van der Waals surface area contributed by atoms with Gasteiger partial charge in [0.1, 0.15) is 9.77 Å². The van der Waals surface area contributed by atoms with Gasteiger partial charge in [-0.25, -0.2) is 18.2 Å². The minimum atomic E-state index is -3.73. The number of carboxylic acids is 1. The summed E-state index contributed by atoms with van der Waals surface area (Å²) in [5.41, 5.74) is 0. The molecule has 1 aromatic rings. The van der Waals surface area contributed by atoms with E-state index in [1.807, 2.05) is 0 Å². The van der Waals surface area contributed by atoms with Crippen molar-refractivity contribution in [2.75, 3.05) is 13.1 Å². The molecule has 1 saturated heterocycles. The van der Waals surface area contributed by atoms with Gasteiger partial charge in [-0.1, -0.05) is 6.42 Å². The zero-order chi connectivity index (χ0) is 14.0. The molecule has 2 heterocycles. The van der Waals surface area contributed by atoms with Crippen LogP contribution < -0.4 is 4.83 Å². The highest BCUT2D eigenvalue weighted by atomic mass is 79.9. The van der Waals surface area contributed by atoms with Gasteiger partial charge in [0, 0.05) is 13.1 Å². The van der Waals surface area contributed by atoms with Crippen molar-refractivity contribution in [3.8, 4) is 0 Å². The molecule has 1 fully saturated rings. The molecule has 2 rings (SSSR count). The van der Waals surface area contributed by atoms with Crippen molar-refractivity contribution < 1.29 is 18.3 Å². The molecule has 0 bridgehead atoms. The summed E-state index contributed by atoms with van der Waals surface area (Å²) >= 11 is 3.99. The van der Waals surface area contributed by atoms with Crippen molar-refractivity contribution in [2.45, 2.75) is 24.2 Å². The molecule has 1 aromatic heterocycles. The Morgan fingerprint density at radius 2 is 2.00 bits per heavy atom. The van der Waals surface area contributed by atoms with E-state index < -0.39 is 16.0 Å². The average molecular weight is 369 g/mol. The van der Waals surface area contributed by atoms with E-state index in [0.29, 0.717) is 16.9 Å². The van der Waals surface area contributed by atoms with Crippen LogP contribution in [0.1, 0.15) is 28.9 Å². The molecule has 1 aliphatic heterocycles. The first kappa shape index (κ1) is 14.9. The lowest BCUT2D eigenvalue weighted by Gasteiger charge is -2.26. The van der Waals surface area contributed by atoms with Crippen molar-refractivity contribution in [2.24, 2.45) is 0 Å². The Hall–Kier alpha value is -0.480. The van der Waals surface area contributed by atoms with Crippen LogP contribution in [-0.4, -0.2) is 37.6 Å². The lowest BCUT2D eigenvalue weighted by molar-refractivity contribution is 0.0702. The largest absolute Gasteiger partial charge is 0.477 e. The van der Waals surface area contributed by atoms with Gasteiger partial charge in [0.05, 0.1) is 3.79 Å². The standard InChI is InChI=1S/C10H13BrN2O4S2/c11-9-8(6-7(18-9)10(14)15)19(16,17)12-13-4-2-1-3-5-13/h6,12H,1-5H2,(H,14,15). The summed E-state index contributed by atoms with van der Waals surface area (Å²) < 4.78 is 24.7. The third-order valence-corrected chi connectivity index (χ3v) is 6.38. The maximum absolute atomic E-state index is 12.2. The number of nitrogens with zero attached hydrogens (tertiary/aromatic N) is 1. The predicted octanol–water partition coefficient (Wildman–Crippen LogP) is 1.89. The van der Waals surface area contributed by atoms with Crippen molar-refractivity contribution in [3.63, 3.8) is 0 Å². The first-order valence-corrected chi connectivity index (χ1v) is 8.79. The molecular weight excluding hydrogens is 356 g/mol. The number of sulfonamides is 1. The minimum Gasteiger partial charge on any atom is -0.477 e. The molecule has 9 heteroatoms. The number of carbonyl (C=O) groups is 1. The fourth-order valence-corrected chi connectivity index (χ4v) is 5.37. The molecule has 0 aliphatic carbocycles. The second-order valence-corrected chi connectivity index (χ2v) is 8.20. The summed E-state index contributed by atoms with van der Waals surface area (Å²) in [5.74, 6) is -1.13. The van der Waals surface area contributed by atoms with Gasteiger partial charge >= 0.3 is 5.97 Å². The van der Waals surface area contributed by atoms with E-state index in [9.17, 15) is 13.2 Å². The highest BCUT2D eigenvalue weighted by Crippen LogP contribution is 2.31. The molecule has 106 valence electrons. The number of hydrogen-bond acceptors (Lipinski definition) is 5. The molecule has 2 N–H and O–H groups in total. The van der Waals surface area contributed by atoms with Crippen LogP contribution in [-0.2, 0) is 10.0 Å². The lowest BCUT2D eigenvalue weighted by atomic mass is 10.2. The fraction of sp³-hybridized carbons (Fsp3) is 0.500. The van der Waals surface area contributed by atoms with Crippen LogP contribution in [0.15, 0.2) is 14.7 Å². The number of thiophene rings is 1. The van der Waals surface area contributed by atoms with E-state index in [-0.39, 0.29) is 9.77 Å². The number of rotatable bonds is 4. The molecule has 0 atom stereocenters. The molecule has 19 heavy (non-hydrogen) atoms. The van der Waals surface area contributed by atoms with Crippen molar-refractivity contribution in [3.05, 3.63) is 14.7 Å². The first-order valence-electron chi connectivity index (χ1n) is 5.70. The number of carboxylic acid groups (broad SMARTS) is 1. The van der Waals surface area contributed by atoms with Crippen LogP contribution in [0.5, 0.6) is 0 Å². The third kappa shape index (κ3) is 3.54. The second kappa shape index (κ2) is 5.88. The van der Waals surface area contributed by atoms with Crippen LogP contribution in [0.2, 0.25) is 0 Å². The molecule has 6 nitrogen and oxygen atoms in total. The highest BCUT2D eigenvalue weighted by Gasteiger charge is 2.25. The third-order valence-electron chi connectivity index (χ3n) is 2.76. The quantitative estimate of drug-likeness (QED) is 0.847. The maximum Gasteiger partial charge on any atom is 0.345 e. The summed E-state index contributed by atoms with van der Waals surface area (Å²) in [6.07, 6.45) is 3.00. The van der Waals surface area contributed by atoms with E-state index in [0.717, 1.165) is 30.6 Å².